The predicted molar refractivity (Wildman–Crippen MR) is 90.4 cm³/mol. The summed E-state index contributed by atoms with van der Waals surface area (Å²) in [6, 6.07) is 23.1. The lowest BCUT2D eigenvalue weighted by molar-refractivity contribution is 0.911. The van der Waals surface area contributed by atoms with Gasteiger partial charge in [-0.15, -0.1) is 0 Å². The number of aromatic amines is 1. The molecule has 5 aromatic rings. The fourth-order valence-corrected chi connectivity index (χ4v) is 3.15. The van der Waals surface area contributed by atoms with Crippen LogP contribution in [0, 0.1) is 0 Å². The van der Waals surface area contributed by atoms with Gasteiger partial charge in [-0.05, 0) is 30.3 Å². The molecule has 3 aromatic carbocycles. The molecule has 1 N–H and O–H groups in total. The molecule has 0 aliphatic rings. The molecule has 0 spiro atoms. The fourth-order valence-electron chi connectivity index (χ4n) is 3.15. The van der Waals surface area contributed by atoms with E-state index in [1.807, 2.05) is 29.1 Å². The molecule has 3 nitrogen and oxygen atoms in total. The first-order chi connectivity index (χ1) is 10.9. The molecule has 22 heavy (non-hydrogen) atoms. The zero-order valence-electron chi connectivity index (χ0n) is 11.8. The molecule has 0 bridgehead atoms. The van der Waals surface area contributed by atoms with Gasteiger partial charge in [0.15, 0.2) is 0 Å². The van der Waals surface area contributed by atoms with Gasteiger partial charge in [-0.2, -0.15) is 5.10 Å². The number of rotatable bonds is 1. The van der Waals surface area contributed by atoms with E-state index in [4.69, 9.17) is 0 Å². The van der Waals surface area contributed by atoms with Crippen LogP contribution in [0.15, 0.2) is 72.9 Å². The first-order valence-corrected chi connectivity index (χ1v) is 7.34. The molecular weight excluding hydrogens is 270 g/mol. The Labute approximate surface area is 126 Å². The molecule has 0 aliphatic carbocycles. The van der Waals surface area contributed by atoms with Crippen molar-refractivity contribution in [3.8, 4) is 5.69 Å². The summed E-state index contributed by atoms with van der Waals surface area (Å²) in [6.07, 6.45) is 1.92. The Hall–Kier alpha value is -3.07. The van der Waals surface area contributed by atoms with Gasteiger partial charge in [0.05, 0.1) is 17.4 Å². The van der Waals surface area contributed by atoms with Crippen LogP contribution in [0.2, 0.25) is 0 Å². The topological polar surface area (TPSA) is 33.6 Å². The summed E-state index contributed by atoms with van der Waals surface area (Å²) in [5.74, 6) is 0. The second kappa shape index (κ2) is 4.21. The van der Waals surface area contributed by atoms with Crippen molar-refractivity contribution < 1.29 is 0 Å². The van der Waals surface area contributed by atoms with Crippen LogP contribution in [0.3, 0.4) is 0 Å². The van der Waals surface area contributed by atoms with Crippen molar-refractivity contribution in [3.05, 3.63) is 72.9 Å². The van der Waals surface area contributed by atoms with Crippen molar-refractivity contribution in [2.75, 3.05) is 0 Å². The molecule has 0 saturated heterocycles. The molecule has 2 aromatic heterocycles. The van der Waals surface area contributed by atoms with Crippen molar-refractivity contribution in [1.29, 1.82) is 0 Å². The second-order valence-electron chi connectivity index (χ2n) is 5.52. The van der Waals surface area contributed by atoms with Gasteiger partial charge in [0.2, 0.25) is 0 Å². The SMILES string of the molecule is c1ccc(-n2ncc3cc4[nH]c5ccccc5c4cc32)cc1. The Balaban J connectivity index is 1.89. The Kier molecular flexibility index (Phi) is 2.22. The van der Waals surface area contributed by atoms with E-state index in [1.54, 1.807) is 0 Å². The monoisotopic (exact) mass is 283 g/mol. The van der Waals surface area contributed by atoms with Crippen LogP contribution >= 0.6 is 0 Å². The van der Waals surface area contributed by atoms with Gasteiger partial charge < -0.3 is 4.98 Å². The molecule has 104 valence electrons. The van der Waals surface area contributed by atoms with Crippen LogP contribution in [0.1, 0.15) is 0 Å². The van der Waals surface area contributed by atoms with E-state index in [0.717, 1.165) is 22.1 Å². The number of aromatic nitrogens is 3. The molecule has 0 radical (unpaired) electrons. The van der Waals surface area contributed by atoms with E-state index in [-0.39, 0.29) is 0 Å². The van der Waals surface area contributed by atoms with Gasteiger partial charge in [0, 0.05) is 27.2 Å². The van der Waals surface area contributed by atoms with E-state index >= 15 is 0 Å². The van der Waals surface area contributed by atoms with Gasteiger partial charge in [-0.3, -0.25) is 0 Å². The number of para-hydroxylation sites is 2. The lowest BCUT2D eigenvalue weighted by Crippen LogP contribution is -1.94. The smallest absolute Gasteiger partial charge is 0.0748 e. The molecule has 3 heteroatoms. The average Bonchev–Trinajstić information content (AvgIpc) is 3.14. The summed E-state index contributed by atoms with van der Waals surface area (Å²) in [4.78, 5) is 3.48. The molecule has 5 rings (SSSR count). The predicted octanol–water partition coefficient (Wildman–Crippen LogP) is 4.66. The van der Waals surface area contributed by atoms with Gasteiger partial charge in [-0.25, -0.2) is 4.68 Å². The van der Waals surface area contributed by atoms with E-state index in [1.165, 1.54) is 16.3 Å². The van der Waals surface area contributed by atoms with Crippen LogP contribution < -0.4 is 0 Å². The summed E-state index contributed by atoms with van der Waals surface area (Å²) >= 11 is 0. The highest BCUT2D eigenvalue weighted by atomic mass is 15.3. The Morgan fingerprint density at radius 2 is 1.59 bits per heavy atom. The van der Waals surface area contributed by atoms with E-state index in [0.29, 0.717) is 0 Å². The van der Waals surface area contributed by atoms with Crippen LogP contribution in [0.25, 0.3) is 38.4 Å². The summed E-state index contributed by atoms with van der Waals surface area (Å²) < 4.78 is 2.00. The van der Waals surface area contributed by atoms with Crippen LogP contribution in [-0.4, -0.2) is 14.8 Å². The van der Waals surface area contributed by atoms with Gasteiger partial charge in [-0.1, -0.05) is 36.4 Å². The standard InChI is InChI=1S/C19H13N3/c1-2-6-14(7-3-1)22-19-11-16-15-8-4-5-9-17(15)21-18(16)10-13(19)12-20-22/h1-12,21H. The van der Waals surface area contributed by atoms with Crippen molar-refractivity contribution >= 4 is 32.7 Å². The highest BCUT2D eigenvalue weighted by Gasteiger charge is 2.09. The van der Waals surface area contributed by atoms with Crippen molar-refractivity contribution in [1.82, 2.24) is 14.8 Å². The normalized spacial score (nSPS) is 11.6. The van der Waals surface area contributed by atoms with Crippen molar-refractivity contribution in [2.45, 2.75) is 0 Å². The first kappa shape index (κ1) is 11.6. The molecule has 2 heterocycles. The molecule has 0 fully saturated rings. The number of H-pyrrole nitrogens is 1. The van der Waals surface area contributed by atoms with Crippen molar-refractivity contribution in [2.24, 2.45) is 0 Å². The number of nitrogens with one attached hydrogen (secondary N) is 1. The molecule has 0 unspecified atom stereocenters. The van der Waals surface area contributed by atoms with Gasteiger partial charge in [0.25, 0.3) is 0 Å². The zero-order chi connectivity index (χ0) is 14.5. The third kappa shape index (κ3) is 1.53. The molecule has 0 saturated carbocycles. The maximum atomic E-state index is 4.55. The first-order valence-electron chi connectivity index (χ1n) is 7.34. The number of hydrogen-bond donors (Lipinski definition) is 1. The number of hydrogen-bond acceptors (Lipinski definition) is 1. The number of nitrogens with zero attached hydrogens (tertiary/aromatic N) is 2. The minimum atomic E-state index is 1.08. The quantitative estimate of drug-likeness (QED) is 0.477. The van der Waals surface area contributed by atoms with E-state index in [9.17, 15) is 0 Å². The molecule has 0 aliphatic heterocycles. The third-order valence-corrected chi connectivity index (χ3v) is 4.19. The van der Waals surface area contributed by atoms with Crippen LogP contribution in [-0.2, 0) is 0 Å². The van der Waals surface area contributed by atoms with Crippen LogP contribution in [0.5, 0.6) is 0 Å². The van der Waals surface area contributed by atoms with Crippen molar-refractivity contribution in [3.63, 3.8) is 0 Å². The largest absolute Gasteiger partial charge is 0.354 e. The number of fused-ring (bicyclic) bond motifs is 4. The molecule has 0 amide bonds. The lowest BCUT2D eigenvalue weighted by atomic mass is 10.1. The fraction of sp³-hybridized carbons (Fsp3) is 0. The summed E-state index contributed by atoms with van der Waals surface area (Å²) in [5, 5.41) is 8.18. The second-order valence-corrected chi connectivity index (χ2v) is 5.52. The summed E-state index contributed by atoms with van der Waals surface area (Å²) in [7, 11) is 0. The Morgan fingerprint density at radius 1 is 0.773 bits per heavy atom. The lowest BCUT2D eigenvalue weighted by Gasteiger charge is -2.03. The highest BCUT2D eigenvalue weighted by molar-refractivity contribution is 6.11. The Morgan fingerprint density at radius 3 is 2.50 bits per heavy atom. The minimum absolute atomic E-state index is 1.08. The summed E-state index contributed by atoms with van der Waals surface area (Å²) in [5.41, 5.74) is 4.53. The van der Waals surface area contributed by atoms with Gasteiger partial charge in [0.1, 0.15) is 0 Å². The Bertz CT molecular complexity index is 1120. The van der Waals surface area contributed by atoms with Gasteiger partial charge >= 0.3 is 0 Å². The average molecular weight is 283 g/mol. The maximum absolute atomic E-state index is 4.55. The maximum Gasteiger partial charge on any atom is 0.0748 e. The highest BCUT2D eigenvalue weighted by Crippen LogP contribution is 2.30. The van der Waals surface area contributed by atoms with Crippen LogP contribution in [0.4, 0.5) is 0 Å². The summed E-state index contributed by atoms with van der Waals surface area (Å²) in [6.45, 7) is 0. The van der Waals surface area contributed by atoms with E-state index in [2.05, 4.69) is 58.6 Å². The minimum Gasteiger partial charge on any atom is -0.354 e. The van der Waals surface area contributed by atoms with E-state index < -0.39 is 0 Å². The molecular formula is C19H13N3. The zero-order valence-corrected chi connectivity index (χ0v) is 11.8. The number of benzene rings is 3. The molecule has 0 atom stereocenters. The third-order valence-electron chi connectivity index (χ3n) is 4.19.